The Morgan fingerprint density at radius 1 is 1.44 bits per heavy atom. The van der Waals surface area contributed by atoms with Gasteiger partial charge in [0.15, 0.2) is 0 Å². The molecule has 4 nitrogen and oxygen atoms in total. The molecule has 0 aliphatic heterocycles. The van der Waals surface area contributed by atoms with E-state index in [0.29, 0.717) is 11.5 Å². The molecule has 2 aromatic rings. The molecule has 86 valence electrons. The van der Waals surface area contributed by atoms with E-state index in [9.17, 15) is 4.39 Å². The van der Waals surface area contributed by atoms with Crippen LogP contribution in [0, 0.1) is 5.82 Å². The van der Waals surface area contributed by atoms with Crippen molar-refractivity contribution in [2.45, 2.75) is 6.54 Å². The number of nitrogens with two attached hydrogens (primary N) is 1. The van der Waals surface area contributed by atoms with Gasteiger partial charge in [-0.25, -0.2) is 9.37 Å². The zero-order valence-electron chi connectivity index (χ0n) is 9.44. The van der Waals surface area contributed by atoms with Gasteiger partial charge in [0, 0.05) is 19.2 Å². The molecule has 1 aromatic heterocycles. The molecule has 5 heteroatoms. The highest BCUT2D eigenvalue weighted by Crippen LogP contribution is 2.18. The van der Waals surface area contributed by atoms with Crippen LogP contribution >= 0.6 is 0 Å². The number of benzene rings is 1. The summed E-state index contributed by atoms with van der Waals surface area (Å²) in [6.07, 6.45) is 0. The summed E-state index contributed by atoms with van der Waals surface area (Å²) in [6.45, 7) is 1.62. The highest BCUT2D eigenvalue weighted by atomic mass is 19.1. The van der Waals surface area contributed by atoms with Crippen LogP contribution in [0.3, 0.4) is 0 Å². The molecule has 0 aliphatic rings. The van der Waals surface area contributed by atoms with Crippen LogP contribution < -0.4 is 5.73 Å². The van der Waals surface area contributed by atoms with E-state index in [0.717, 1.165) is 18.6 Å². The lowest BCUT2D eigenvalue weighted by atomic mass is 10.3. The van der Waals surface area contributed by atoms with Gasteiger partial charge in [-0.3, -0.25) is 0 Å². The molecule has 0 aliphatic carbocycles. The Kier molecular flexibility index (Phi) is 2.78. The minimum atomic E-state index is -0.287. The van der Waals surface area contributed by atoms with Gasteiger partial charge in [0.25, 0.3) is 0 Å². The van der Waals surface area contributed by atoms with Crippen LogP contribution in [0.25, 0.3) is 11.0 Å². The molecule has 1 heterocycles. The molecule has 1 aromatic carbocycles. The van der Waals surface area contributed by atoms with Crippen LogP contribution in [-0.2, 0) is 6.54 Å². The Bertz CT molecular complexity index is 504. The van der Waals surface area contributed by atoms with Gasteiger partial charge in [-0.15, -0.1) is 0 Å². The number of aromatic nitrogens is 2. The van der Waals surface area contributed by atoms with E-state index in [1.54, 1.807) is 6.07 Å². The molecule has 0 bridgehead atoms. The maximum Gasteiger partial charge on any atom is 0.201 e. The fourth-order valence-electron chi connectivity index (χ4n) is 1.66. The Balaban J connectivity index is 2.40. The van der Waals surface area contributed by atoms with Crippen molar-refractivity contribution < 1.29 is 4.39 Å². The van der Waals surface area contributed by atoms with Gasteiger partial charge in [-0.2, -0.15) is 0 Å². The van der Waals surface area contributed by atoms with Gasteiger partial charge in [0.05, 0.1) is 11.0 Å². The molecule has 0 amide bonds. The van der Waals surface area contributed by atoms with Crippen molar-refractivity contribution in [3.8, 4) is 0 Å². The lowest BCUT2D eigenvalue weighted by Gasteiger charge is -2.11. The Morgan fingerprint density at radius 3 is 2.88 bits per heavy atom. The molecule has 0 spiro atoms. The smallest absolute Gasteiger partial charge is 0.201 e. The molecule has 0 saturated heterocycles. The maximum atomic E-state index is 13.0. The normalized spacial score (nSPS) is 11.5. The standard InChI is InChI=1S/C11H15FN4/c1-15(2)5-6-16-10-4-3-8(12)7-9(10)14-11(16)13/h3-4,7H,5-6H2,1-2H3,(H2,13,14). The van der Waals surface area contributed by atoms with E-state index < -0.39 is 0 Å². The fourth-order valence-corrected chi connectivity index (χ4v) is 1.66. The van der Waals surface area contributed by atoms with Crippen LogP contribution in [0.5, 0.6) is 0 Å². The van der Waals surface area contributed by atoms with Gasteiger partial charge >= 0.3 is 0 Å². The summed E-state index contributed by atoms with van der Waals surface area (Å²) in [5.41, 5.74) is 7.28. The van der Waals surface area contributed by atoms with E-state index >= 15 is 0 Å². The first-order chi connectivity index (χ1) is 7.58. The highest BCUT2D eigenvalue weighted by Gasteiger charge is 2.08. The number of hydrogen-bond donors (Lipinski definition) is 1. The van der Waals surface area contributed by atoms with Crippen molar-refractivity contribution >= 4 is 17.0 Å². The molecule has 0 saturated carbocycles. The summed E-state index contributed by atoms with van der Waals surface area (Å²) in [4.78, 5) is 6.20. The molecule has 0 unspecified atom stereocenters. The molecular weight excluding hydrogens is 207 g/mol. The molecule has 2 N–H and O–H groups in total. The van der Waals surface area contributed by atoms with Crippen molar-refractivity contribution in [3.63, 3.8) is 0 Å². The monoisotopic (exact) mass is 222 g/mol. The third-order valence-electron chi connectivity index (χ3n) is 2.51. The summed E-state index contributed by atoms with van der Waals surface area (Å²) in [5.74, 6) is 0.146. The second-order valence-corrected chi connectivity index (χ2v) is 4.06. The molecule has 16 heavy (non-hydrogen) atoms. The Morgan fingerprint density at radius 2 is 2.19 bits per heavy atom. The van der Waals surface area contributed by atoms with Crippen molar-refractivity contribution in [3.05, 3.63) is 24.0 Å². The number of fused-ring (bicyclic) bond motifs is 1. The summed E-state index contributed by atoms with van der Waals surface area (Å²) in [5, 5.41) is 0. The summed E-state index contributed by atoms with van der Waals surface area (Å²) >= 11 is 0. The van der Waals surface area contributed by atoms with E-state index in [1.165, 1.54) is 12.1 Å². The number of nitrogens with zero attached hydrogens (tertiary/aromatic N) is 3. The van der Waals surface area contributed by atoms with E-state index in [4.69, 9.17) is 5.73 Å². The van der Waals surface area contributed by atoms with Gasteiger partial charge in [-0.1, -0.05) is 0 Å². The minimum Gasteiger partial charge on any atom is -0.369 e. The predicted octanol–water partition coefficient (Wildman–Crippen LogP) is 1.32. The molecule has 0 radical (unpaired) electrons. The summed E-state index contributed by atoms with van der Waals surface area (Å²) < 4.78 is 14.9. The number of rotatable bonds is 3. The van der Waals surface area contributed by atoms with Crippen molar-refractivity contribution in [1.82, 2.24) is 14.5 Å². The zero-order valence-corrected chi connectivity index (χ0v) is 9.44. The lowest BCUT2D eigenvalue weighted by Crippen LogP contribution is -2.19. The van der Waals surface area contributed by atoms with Crippen molar-refractivity contribution in [2.75, 3.05) is 26.4 Å². The largest absolute Gasteiger partial charge is 0.369 e. The lowest BCUT2D eigenvalue weighted by molar-refractivity contribution is 0.387. The van der Waals surface area contributed by atoms with Crippen LogP contribution in [0.1, 0.15) is 0 Å². The van der Waals surface area contributed by atoms with Gasteiger partial charge in [0.1, 0.15) is 5.82 Å². The zero-order chi connectivity index (χ0) is 11.7. The number of likely N-dealkylation sites (N-methyl/N-ethyl adjacent to an activating group) is 1. The van der Waals surface area contributed by atoms with Crippen LogP contribution in [0.2, 0.25) is 0 Å². The topological polar surface area (TPSA) is 47.1 Å². The van der Waals surface area contributed by atoms with Gasteiger partial charge in [0.2, 0.25) is 5.95 Å². The second-order valence-electron chi connectivity index (χ2n) is 4.06. The number of hydrogen-bond acceptors (Lipinski definition) is 3. The summed E-state index contributed by atoms with van der Waals surface area (Å²) in [7, 11) is 3.99. The van der Waals surface area contributed by atoms with E-state index in [1.807, 2.05) is 18.7 Å². The first-order valence-electron chi connectivity index (χ1n) is 5.14. The van der Waals surface area contributed by atoms with E-state index in [-0.39, 0.29) is 5.82 Å². The Labute approximate surface area is 93.5 Å². The van der Waals surface area contributed by atoms with Gasteiger partial charge in [-0.05, 0) is 26.2 Å². The number of nitrogen functional groups attached to an aromatic ring is 1. The highest BCUT2D eigenvalue weighted by molar-refractivity contribution is 5.78. The van der Waals surface area contributed by atoms with Crippen molar-refractivity contribution in [2.24, 2.45) is 0 Å². The molecule has 0 atom stereocenters. The SMILES string of the molecule is CN(C)CCn1c(N)nc2cc(F)ccc21. The average molecular weight is 222 g/mol. The summed E-state index contributed by atoms with van der Waals surface area (Å²) in [6, 6.07) is 4.54. The average Bonchev–Trinajstić information content (AvgIpc) is 2.50. The van der Waals surface area contributed by atoms with Gasteiger partial charge < -0.3 is 15.2 Å². The first kappa shape index (κ1) is 10.9. The number of halogens is 1. The second kappa shape index (κ2) is 4.09. The third kappa shape index (κ3) is 1.99. The van der Waals surface area contributed by atoms with Crippen molar-refractivity contribution in [1.29, 1.82) is 0 Å². The maximum absolute atomic E-state index is 13.0. The minimum absolute atomic E-state index is 0.287. The number of anilines is 1. The molecule has 2 rings (SSSR count). The van der Waals surface area contributed by atoms with Crippen LogP contribution in [-0.4, -0.2) is 35.1 Å². The van der Waals surface area contributed by atoms with Crippen LogP contribution in [0.15, 0.2) is 18.2 Å². The van der Waals surface area contributed by atoms with Crippen LogP contribution in [0.4, 0.5) is 10.3 Å². The fraction of sp³-hybridized carbons (Fsp3) is 0.364. The quantitative estimate of drug-likeness (QED) is 0.852. The predicted molar refractivity (Wildman–Crippen MR) is 62.7 cm³/mol. The molecule has 0 fully saturated rings. The third-order valence-corrected chi connectivity index (χ3v) is 2.51. The molecular formula is C11H15FN4. The van der Waals surface area contributed by atoms with E-state index in [2.05, 4.69) is 9.88 Å². The number of imidazole rings is 1. The first-order valence-corrected chi connectivity index (χ1v) is 5.14. The Hall–Kier alpha value is -1.62.